The summed E-state index contributed by atoms with van der Waals surface area (Å²) in [5.41, 5.74) is 7.80. The lowest BCUT2D eigenvalue weighted by Crippen LogP contribution is -2.31. The van der Waals surface area contributed by atoms with Crippen LogP contribution in [0.3, 0.4) is 0 Å². The number of nitrogens with one attached hydrogen (secondary N) is 1. The minimum absolute atomic E-state index is 0.0115. The lowest BCUT2D eigenvalue weighted by molar-refractivity contribution is -0.142. The fraction of sp³-hybridized carbons (Fsp3) is 0.500. The van der Waals surface area contributed by atoms with Crippen molar-refractivity contribution in [3.05, 3.63) is 29.3 Å². The smallest absolute Gasteiger partial charge is 0.445 e. The van der Waals surface area contributed by atoms with Crippen molar-refractivity contribution in [3.8, 4) is 5.75 Å². The number of ketones is 1. The summed E-state index contributed by atoms with van der Waals surface area (Å²) in [5, 5.41) is 2.52. The second-order valence-corrected chi connectivity index (χ2v) is 8.22. The zero-order valence-electron chi connectivity index (χ0n) is 19.2. The average Bonchev–Trinajstić information content (AvgIpc) is 3.26. The molecule has 0 atom stereocenters. The van der Waals surface area contributed by atoms with Gasteiger partial charge in [-0.05, 0) is 58.7 Å². The van der Waals surface area contributed by atoms with E-state index in [1.165, 1.54) is 25.1 Å². The number of benzene rings is 1. The molecule has 1 fully saturated rings. The van der Waals surface area contributed by atoms with Crippen LogP contribution in [0.1, 0.15) is 50.9 Å². The summed E-state index contributed by atoms with van der Waals surface area (Å²) >= 11 is 0. The lowest BCUT2D eigenvalue weighted by atomic mass is 10.1. The first-order valence-electron chi connectivity index (χ1n) is 10.5. The largest absolute Gasteiger partial charge is 0.483 e. The predicted molar refractivity (Wildman–Crippen MR) is 117 cm³/mol. The number of carbonyl (C=O) groups is 4. The van der Waals surface area contributed by atoms with Gasteiger partial charge >= 0.3 is 17.8 Å². The first kappa shape index (κ1) is 25.5. The molecular formula is C22H28N4O7. The van der Waals surface area contributed by atoms with Crippen LogP contribution in [0.4, 0.5) is 10.5 Å². The van der Waals surface area contributed by atoms with Crippen molar-refractivity contribution in [1.82, 2.24) is 4.90 Å². The van der Waals surface area contributed by atoms with Crippen molar-refractivity contribution in [2.75, 3.05) is 31.6 Å². The van der Waals surface area contributed by atoms with Gasteiger partial charge in [-0.2, -0.15) is 4.79 Å². The van der Waals surface area contributed by atoms with E-state index in [4.69, 9.17) is 15.0 Å². The standard InChI is InChI=1S/C22H28N4O7/c1-5-31-20(29)18(25-23)16(27)13-32-17-9-8-14(19(28)26-10-6-7-11-26)12-15(17)24-21(30)33-22(2,3)4/h8-9,12H,5-7,10-11,13H2,1-4H3,(H,24,30). The van der Waals surface area contributed by atoms with E-state index >= 15 is 0 Å². The van der Waals surface area contributed by atoms with Crippen LogP contribution in [0.15, 0.2) is 18.2 Å². The molecule has 2 amide bonds. The lowest BCUT2D eigenvalue weighted by Gasteiger charge is -2.21. The molecule has 1 heterocycles. The molecule has 33 heavy (non-hydrogen) atoms. The second kappa shape index (κ2) is 11.2. The maximum absolute atomic E-state index is 12.7. The molecule has 0 aromatic heterocycles. The van der Waals surface area contributed by atoms with E-state index in [1.807, 2.05) is 0 Å². The second-order valence-electron chi connectivity index (χ2n) is 8.22. The van der Waals surface area contributed by atoms with Crippen LogP contribution < -0.4 is 10.1 Å². The summed E-state index contributed by atoms with van der Waals surface area (Å²) < 4.78 is 15.4. The Morgan fingerprint density at radius 3 is 2.39 bits per heavy atom. The molecule has 2 rings (SSSR count). The van der Waals surface area contributed by atoms with Crippen LogP contribution in [-0.4, -0.2) is 71.1 Å². The van der Waals surface area contributed by atoms with Crippen LogP contribution in [0, 0.1) is 0 Å². The number of anilines is 1. The molecule has 0 radical (unpaired) electrons. The minimum atomic E-state index is -1.09. The number of hydrogen-bond donors (Lipinski definition) is 1. The van der Waals surface area contributed by atoms with Crippen molar-refractivity contribution < 1.29 is 38.2 Å². The van der Waals surface area contributed by atoms with Gasteiger partial charge in [-0.1, -0.05) is 0 Å². The van der Waals surface area contributed by atoms with Crippen LogP contribution >= 0.6 is 0 Å². The summed E-state index contributed by atoms with van der Waals surface area (Å²) in [7, 11) is 0. The zero-order chi connectivity index (χ0) is 24.6. The van der Waals surface area contributed by atoms with E-state index in [1.54, 1.807) is 25.7 Å². The fourth-order valence-corrected chi connectivity index (χ4v) is 3.02. The molecule has 1 aliphatic rings. The number of Topliss-reactive ketones (excluding diaryl/α,β-unsaturated/α-hetero) is 1. The maximum atomic E-state index is 12.7. The summed E-state index contributed by atoms with van der Waals surface area (Å²) in [5.74, 6) is -2.17. The van der Waals surface area contributed by atoms with Crippen LogP contribution in [0.25, 0.3) is 5.53 Å². The van der Waals surface area contributed by atoms with Gasteiger partial charge in [-0.15, -0.1) is 0 Å². The Hall–Kier alpha value is -3.72. The van der Waals surface area contributed by atoms with Crippen molar-refractivity contribution >= 4 is 35.2 Å². The first-order chi connectivity index (χ1) is 15.6. The third-order valence-electron chi connectivity index (χ3n) is 4.45. The molecular weight excluding hydrogens is 432 g/mol. The minimum Gasteiger partial charge on any atom is -0.483 e. The van der Waals surface area contributed by atoms with E-state index in [0.29, 0.717) is 18.7 Å². The van der Waals surface area contributed by atoms with Crippen LogP contribution in [0.2, 0.25) is 0 Å². The molecule has 11 nitrogen and oxygen atoms in total. The SMILES string of the molecule is CCOC(=O)C(=[N+]=[N-])C(=O)COc1ccc(C(=O)N2CCCC2)cc1NC(=O)OC(C)(C)C. The normalized spacial score (nSPS) is 13.0. The number of ether oxygens (including phenoxy) is 3. The molecule has 1 aliphatic heterocycles. The highest BCUT2D eigenvalue weighted by atomic mass is 16.6. The van der Waals surface area contributed by atoms with Crippen molar-refractivity contribution in [1.29, 1.82) is 0 Å². The van der Waals surface area contributed by atoms with Gasteiger partial charge in [0.2, 0.25) is 0 Å². The monoisotopic (exact) mass is 460 g/mol. The molecule has 0 unspecified atom stereocenters. The Morgan fingerprint density at radius 1 is 1.15 bits per heavy atom. The summed E-state index contributed by atoms with van der Waals surface area (Å²) in [6, 6.07) is 4.35. The number of carbonyl (C=O) groups excluding carboxylic acids is 4. The number of rotatable bonds is 8. The molecule has 178 valence electrons. The van der Waals surface area contributed by atoms with Crippen LogP contribution in [0.5, 0.6) is 5.75 Å². The predicted octanol–water partition coefficient (Wildman–Crippen LogP) is 2.45. The van der Waals surface area contributed by atoms with E-state index in [-0.39, 0.29) is 24.0 Å². The number of likely N-dealkylation sites (tertiary alicyclic amines) is 1. The Labute approximate surface area is 191 Å². The van der Waals surface area contributed by atoms with Crippen molar-refractivity contribution in [2.45, 2.75) is 46.1 Å². The summed E-state index contributed by atoms with van der Waals surface area (Å²) in [6.07, 6.45) is 1.06. The van der Waals surface area contributed by atoms with Gasteiger partial charge in [-0.3, -0.25) is 14.9 Å². The highest BCUT2D eigenvalue weighted by Crippen LogP contribution is 2.28. The molecule has 1 saturated heterocycles. The van der Waals surface area contributed by atoms with Crippen molar-refractivity contribution in [3.63, 3.8) is 0 Å². The molecule has 0 aliphatic carbocycles. The molecule has 11 heteroatoms. The third kappa shape index (κ3) is 7.43. The summed E-state index contributed by atoms with van der Waals surface area (Å²) in [4.78, 5) is 53.4. The molecule has 0 saturated carbocycles. The van der Waals surface area contributed by atoms with E-state index in [0.717, 1.165) is 12.8 Å². The van der Waals surface area contributed by atoms with Gasteiger partial charge in [0.05, 0.1) is 12.3 Å². The maximum Gasteiger partial charge on any atom is 0.445 e. The molecule has 0 spiro atoms. The third-order valence-corrected chi connectivity index (χ3v) is 4.45. The zero-order valence-corrected chi connectivity index (χ0v) is 19.2. The Morgan fingerprint density at radius 2 is 1.82 bits per heavy atom. The van der Waals surface area contributed by atoms with Gasteiger partial charge in [0.1, 0.15) is 11.4 Å². The molecule has 1 aromatic rings. The van der Waals surface area contributed by atoms with E-state index < -0.39 is 35.8 Å². The van der Waals surface area contributed by atoms with Crippen molar-refractivity contribution in [2.24, 2.45) is 0 Å². The van der Waals surface area contributed by atoms with Gasteiger partial charge in [0.25, 0.3) is 11.7 Å². The quantitative estimate of drug-likeness (QED) is 0.206. The topological polar surface area (TPSA) is 148 Å². The molecule has 1 N–H and O–H groups in total. The van der Waals surface area contributed by atoms with Gasteiger partial charge < -0.3 is 24.6 Å². The highest BCUT2D eigenvalue weighted by molar-refractivity contribution is 6.62. The Balaban J connectivity index is 2.25. The van der Waals surface area contributed by atoms with E-state index in [2.05, 4.69) is 14.8 Å². The fourth-order valence-electron chi connectivity index (χ4n) is 3.02. The first-order valence-corrected chi connectivity index (χ1v) is 10.5. The highest BCUT2D eigenvalue weighted by Gasteiger charge is 2.32. The number of amides is 2. The average molecular weight is 460 g/mol. The van der Waals surface area contributed by atoms with Crippen LogP contribution in [-0.2, 0) is 19.1 Å². The number of esters is 1. The van der Waals surface area contributed by atoms with E-state index in [9.17, 15) is 19.2 Å². The van der Waals surface area contributed by atoms with Gasteiger partial charge in [0, 0.05) is 18.7 Å². The molecule has 1 aromatic carbocycles. The summed E-state index contributed by atoms with van der Waals surface area (Å²) in [6.45, 7) is 7.23. The van der Waals surface area contributed by atoms with Gasteiger partial charge in [0.15, 0.2) is 6.61 Å². The number of hydrogen-bond acceptors (Lipinski definition) is 7. The van der Waals surface area contributed by atoms with Gasteiger partial charge in [-0.25, -0.2) is 9.59 Å². The molecule has 0 bridgehead atoms. The Kier molecular flexibility index (Phi) is 8.70. The number of nitrogens with zero attached hydrogens (tertiary/aromatic N) is 3. The Bertz CT molecular complexity index is 971.